The summed E-state index contributed by atoms with van der Waals surface area (Å²) in [6.07, 6.45) is 70.8. The number of carbonyl (C=O) groups is 3. The number of unbranched alkanes of at least 4 members (excludes halogenated alkanes) is 5. The second-order valence-corrected chi connectivity index (χ2v) is 18.7. The summed E-state index contributed by atoms with van der Waals surface area (Å²) in [5.74, 6) is -1.66. The fourth-order valence-corrected chi connectivity index (χ4v) is 7.15. The van der Waals surface area contributed by atoms with Crippen LogP contribution < -0.4 is 0 Å². The van der Waals surface area contributed by atoms with Crippen molar-refractivity contribution in [1.29, 1.82) is 0 Å². The second-order valence-electron chi connectivity index (χ2n) is 17.2. The van der Waals surface area contributed by atoms with E-state index in [-0.39, 0.29) is 19.3 Å². The lowest BCUT2D eigenvalue weighted by atomic mass is 10.2. The van der Waals surface area contributed by atoms with E-state index in [4.69, 9.17) is 23.3 Å². The maximum Gasteiger partial charge on any atom is 0.472 e. The van der Waals surface area contributed by atoms with Crippen molar-refractivity contribution in [2.24, 2.45) is 0 Å². The largest absolute Gasteiger partial charge is 0.472 e. The molecular formula is C62H95O11P. The maximum atomic E-state index is 12.9. The molecule has 2 N–H and O–H groups in total. The quantitative estimate of drug-likeness (QED) is 0.0197. The van der Waals surface area contributed by atoms with Crippen LogP contribution in [0.1, 0.15) is 175 Å². The molecule has 0 aromatic rings. The minimum Gasteiger partial charge on any atom is -0.462 e. The number of hydrogen-bond donors (Lipinski definition) is 2. The van der Waals surface area contributed by atoms with Gasteiger partial charge in [0.05, 0.1) is 19.8 Å². The van der Waals surface area contributed by atoms with Crippen LogP contribution in [0.15, 0.2) is 158 Å². The molecule has 0 fully saturated rings. The Morgan fingerprint density at radius 2 is 0.662 bits per heavy atom. The van der Waals surface area contributed by atoms with Gasteiger partial charge in [0.25, 0.3) is 0 Å². The average molecular weight is 1050 g/mol. The minimum absolute atomic E-state index is 0.0668. The highest BCUT2D eigenvalue weighted by Crippen LogP contribution is 2.43. The molecule has 0 aromatic carbocycles. The zero-order valence-corrected chi connectivity index (χ0v) is 46.4. The van der Waals surface area contributed by atoms with Crippen molar-refractivity contribution in [2.45, 2.75) is 187 Å². The first-order valence-electron chi connectivity index (χ1n) is 27.4. The van der Waals surface area contributed by atoms with Crippen LogP contribution in [-0.2, 0) is 42.2 Å². The molecule has 0 saturated carbocycles. The Balaban J connectivity index is 4.95. The van der Waals surface area contributed by atoms with Crippen molar-refractivity contribution in [2.75, 3.05) is 26.4 Å². The van der Waals surface area contributed by atoms with Crippen molar-refractivity contribution in [1.82, 2.24) is 0 Å². The minimum atomic E-state index is -4.79. The molecule has 0 spiro atoms. The summed E-state index contributed by atoms with van der Waals surface area (Å²) in [7, 11) is -4.79. The molecule has 0 amide bonds. The summed E-state index contributed by atoms with van der Waals surface area (Å²) in [6, 6.07) is 0. The molecule has 74 heavy (non-hydrogen) atoms. The molecule has 3 atom stereocenters. The molecule has 12 heteroatoms. The van der Waals surface area contributed by atoms with E-state index in [0.29, 0.717) is 25.7 Å². The van der Waals surface area contributed by atoms with Gasteiger partial charge in [0.15, 0.2) is 6.10 Å². The highest BCUT2D eigenvalue weighted by atomic mass is 31.2. The van der Waals surface area contributed by atoms with Gasteiger partial charge in [-0.1, -0.05) is 179 Å². The zero-order chi connectivity index (χ0) is 54.1. The van der Waals surface area contributed by atoms with E-state index in [9.17, 15) is 28.9 Å². The van der Waals surface area contributed by atoms with E-state index in [0.717, 1.165) is 109 Å². The molecule has 0 aliphatic rings. The Hall–Kier alpha value is -4.90. The Kier molecular flexibility index (Phi) is 50.8. The fraction of sp³-hybridized carbons (Fsp3) is 0.532. The number of hydrogen-bond acceptors (Lipinski definition) is 10. The SMILES string of the molecule is CC/C=C\C/C=C\C/C=C\C/C=C\C/C=C\CCCC(=O)OC(COC(=O)CCCC/C=C\C/C=C\C/C=C\C/C=C\CC)COP(=O)(O)OCC(CO)OC(=O)CCCC/C=C\C/C=C\C/C=C\C/C=C\CC. The molecule has 3 unspecified atom stereocenters. The summed E-state index contributed by atoms with van der Waals surface area (Å²) in [5.41, 5.74) is 0. The molecular weight excluding hydrogens is 952 g/mol. The van der Waals surface area contributed by atoms with Gasteiger partial charge >= 0.3 is 25.7 Å². The zero-order valence-electron chi connectivity index (χ0n) is 45.5. The highest BCUT2D eigenvalue weighted by molar-refractivity contribution is 7.47. The second kappa shape index (κ2) is 54.4. The third kappa shape index (κ3) is 52.0. The van der Waals surface area contributed by atoms with Crippen LogP contribution >= 0.6 is 7.82 Å². The number of phosphoric ester groups is 1. The van der Waals surface area contributed by atoms with Gasteiger partial charge in [0, 0.05) is 19.3 Å². The molecule has 0 radical (unpaired) electrons. The number of aliphatic hydroxyl groups is 1. The smallest absolute Gasteiger partial charge is 0.462 e. The lowest BCUT2D eigenvalue weighted by molar-refractivity contribution is -0.161. The lowest BCUT2D eigenvalue weighted by Gasteiger charge is -2.21. The predicted molar refractivity (Wildman–Crippen MR) is 306 cm³/mol. The fourth-order valence-electron chi connectivity index (χ4n) is 6.37. The number of phosphoric acid groups is 1. The van der Waals surface area contributed by atoms with Crippen molar-refractivity contribution in [3.8, 4) is 0 Å². The summed E-state index contributed by atoms with van der Waals surface area (Å²) in [6.45, 7) is 4.10. The average Bonchev–Trinajstić information content (AvgIpc) is 3.39. The van der Waals surface area contributed by atoms with Crippen molar-refractivity contribution >= 4 is 25.7 Å². The Morgan fingerprint density at radius 3 is 1.01 bits per heavy atom. The Labute approximate surface area is 447 Å². The van der Waals surface area contributed by atoms with Gasteiger partial charge < -0.3 is 24.2 Å². The molecule has 0 aliphatic carbocycles. The first-order chi connectivity index (χ1) is 36.2. The van der Waals surface area contributed by atoms with E-state index in [1.807, 2.05) is 12.2 Å². The van der Waals surface area contributed by atoms with E-state index in [1.165, 1.54) is 0 Å². The number of esters is 3. The van der Waals surface area contributed by atoms with Gasteiger partial charge in [-0.25, -0.2) is 4.57 Å². The van der Waals surface area contributed by atoms with Crippen molar-refractivity contribution < 1.29 is 52.2 Å². The maximum absolute atomic E-state index is 12.9. The van der Waals surface area contributed by atoms with Crippen LogP contribution in [-0.4, -0.2) is 66.5 Å². The molecule has 0 rings (SSSR count). The monoisotopic (exact) mass is 1050 g/mol. The Bertz CT molecular complexity index is 1840. The number of carbonyl (C=O) groups excluding carboxylic acids is 3. The van der Waals surface area contributed by atoms with Crippen LogP contribution in [0.3, 0.4) is 0 Å². The van der Waals surface area contributed by atoms with E-state index in [2.05, 4.69) is 167 Å². The van der Waals surface area contributed by atoms with Gasteiger partial charge in [-0.3, -0.25) is 23.4 Å². The van der Waals surface area contributed by atoms with Crippen LogP contribution in [0, 0.1) is 0 Å². The predicted octanol–water partition coefficient (Wildman–Crippen LogP) is 16.1. The van der Waals surface area contributed by atoms with E-state index in [1.54, 1.807) is 0 Å². The van der Waals surface area contributed by atoms with Gasteiger partial charge in [0.1, 0.15) is 12.7 Å². The first kappa shape index (κ1) is 69.1. The third-order valence-electron chi connectivity index (χ3n) is 10.4. The third-order valence-corrected chi connectivity index (χ3v) is 11.4. The Morgan fingerprint density at radius 1 is 0.378 bits per heavy atom. The van der Waals surface area contributed by atoms with Crippen LogP contribution in [0.2, 0.25) is 0 Å². The molecule has 0 heterocycles. The molecule has 0 aromatic heterocycles. The molecule has 0 bridgehead atoms. The van der Waals surface area contributed by atoms with Crippen molar-refractivity contribution in [3.63, 3.8) is 0 Å². The van der Waals surface area contributed by atoms with Gasteiger partial charge in [-0.15, -0.1) is 0 Å². The van der Waals surface area contributed by atoms with Crippen molar-refractivity contribution in [3.05, 3.63) is 158 Å². The van der Waals surface area contributed by atoms with Gasteiger partial charge in [-0.05, 0) is 135 Å². The van der Waals surface area contributed by atoms with Crippen LogP contribution in [0.25, 0.3) is 0 Å². The standard InChI is InChI=1S/C62H95O11P/c1-4-7-10-13-16-19-22-25-28-29-32-35-38-41-44-47-50-53-62(66)73-59(55-69-60(64)51-48-45-42-39-36-33-30-26-23-20-17-14-11-8-5-2)57-71-74(67,68)70-56-58(54-63)72-61(65)52-49-46-43-40-37-34-31-27-24-21-18-15-12-9-6-3/h7-12,16-21,25-28,30-32,35-37,39-41,44,58-59,63H,4-6,13-15,22-24,29,33-34,38,42-43,45-57H2,1-3H3,(H,67,68)/b10-7-,11-8-,12-9-,19-16-,20-17-,21-18-,28-25-,30-26-,31-27-,35-32-,39-36-,40-37-,44-41-. The lowest BCUT2D eigenvalue weighted by Crippen LogP contribution is -2.30. The van der Waals surface area contributed by atoms with Gasteiger partial charge in [-0.2, -0.15) is 0 Å². The normalized spacial score (nSPS) is 14.6. The van der Waals surface area contributed by atoms with Gasteiger partial charge in [0.2, 0.25) is 0 Å². The summed E-state index contributed by atoms with van der Waals surface area (Å²) in [4.78, 5) is 48.4. The summed E-state index contributed by atoms with van der Waals surface area (Å²) in [5, 5.41) is 9.80. The molecule has 11 nitrogen and oxygen atoms in total. The van der Waals surface area contributed by atoms with Crippen LogP contribution in [0.5, 0.6) is 0 Å². The summed E-state index contributed by atoms with van der Waals surface area (Å²) < 4.78 is 39.3. The number of ether oxygens (including phenoxy) is 3. The van der Waals surface area contributed by atoms with E-state index >= 15 is 0 Å². The highest BCUT2D eigenvalue weighted by Gasteiger charge is 2.28. The number of allylic oxidation sites excluding steroid dienone is 26. The summed E-state index contributed by atoms with van der Waals surface area (Å²) >= 11 is 0. The number of aliphatic hydroxyl groups excluding tert-OH is 1. The topological polar surface area (TPSA) is 155 Å². The molecule has 0 aliphatic heterocycles. The molecule has 414 valence electrons. The number of rotatable bonds is 48. The molecule has 0 saturated heterocycles. The first-order valence-corrected chi connectivity index (χ1v) is 28.9. The van der Waals surface area contributed by atoms with E-state index < -0.39 is 64.4 Å². The van der Waals surface area contributed by atoms with Crippen LogP contribution in [0.4, 0.5) is 0 Å².